The van der Waals surface area contributed by atoms with E-state index >= 15 is 0 Å². The maximum absolute atomic E-state index is 11.7. The fourth-order valence-electron chi connectivity index (χ4n) is 1.79. The van der Waals surface area contributed by atoms with Crippen LogP contribution in [0.5, 0.6) is 0 Å². The summed E-state index contributed by atoms with van der Waals surface area (Å²) in [4.78, 5) is 13.7. The van der Waals surface area contributed by atoms with Crippen LogP contribution >= 0.6 is 11.3 Å². The van der Waals surface area contributed by atoms with Gasteiger partial charge in [-0.25, -0.2) is 4.79 Å². The summed E-state index contributed by atoms with van der Waals surface area (Å²) in [6, 6.07) is 9.24. The third kappa shape index (κ3) is 4.68. The molecule has 1 heterocycles. The van der Waals surface area contributed by atoms with Crippen LogP contribution in [0, 0.1) is 6.92 Å². The molecule has 1 unspecified atom stereocenters. The molecule has 0 aliphatic heterocycles. The number of amides is 2. The number of hydrogen-bond acceptors (Lipinski definition) is 3. The number of benzene rings is 1. The first-order valence-corrected chi connectivity index (χ1v) is 8.97. The van der Waals surface area contributed by atoms with Gasteiger partial charge in [-0.1, -0.05) is 12.1 Å². The van der Waals surface area contributed by atoms with Gasteiger partial charge in [0, 0.05) is 33.4 Å². The van der Waals surface area contributed by atoms with Crippen LogP contribution in [0.1, 0.15) is 16.0 Å². The second kappa shape index (κ2) is 7.38. The molecule has 2 amide bonds. The maximum atomic E-state index is 11.7. The van der Waals surface area contributed by atoms with Gasteiger partial charge in [0.1, 0.15) is 0 Å². The Bertz CT molecular complexity index is 635. The van der Waals surface area contributed by atoms with Crippen LogP contribution in [0.25, 0.3) is 0 Å². The number of aryl methyl sites for hydroxylation is 1. The lowest BCUT2D eigenvalue weighted by atomic mass is 10.2. The van der Waals surface area contributed by atoms with Crippen molar-refractivity contribution in [3.05, 3.63) is 51.7 Å². The molecular formula is C15H18N2O2S2. The maximum Gasteiger partial charge on any atom is 0.315 e. The van der Waals surface area contributed by atoms with Gasteiger partial charge < -0.3 is 10.6 Å². The number of hydrogen-bond donors (Lipinski definition) is 2. The lowest BCUT2D eigenvalue weighted by Gasteiger charge is -2.08. The Kier molecular flexibility index (Phi) is 5.52. The van der Waals surface area contributed by atoms with Gasteiger partial charge in [-0.15, -0.1) is 11.3 Å². The topological polar surface area (TPSA) is 58.2 Å². The van der Waals surface area contributed by atoms with Gasteiger partial charge in [0.15, 0.2) is 0 Å². The van der Waals surface area contributed by atoms with E-state index in [2.05, 4.69) is 10.6 Å². The summed E-state index contributed by atoms with van der Waals surface area (Å²) in [5.41, 5.74) is 2.18. The van der Waals surface area contributed by atoms with Crippen LogP contribution in [-0.2, 0) is 23.9 Å². The number of rotatable bonds is 5. The molecule has 0 saturated heterocycles. The molecule has 21 heavy (non-hydrogen) atoms. The van der Waals surface area contributed by atoms with Crippen molar-refractivity contribution in [3.63, 3.8) is 0 Å². The van der Waals surface area contributed by atoms with Crippen molar-refractivity contribution in [2.75, 3.05) is 6.26 Å². The van der Waals surface area contributed by atoms with Crippen LogP contribution < -0.4 is 10.6 Å². The monoisotopic (exact) mass is 322 g/mol. The SMILES string of the molecule is Cc1ccsc1CNC(=O)NCc1ccc(S(C)=O)cc1. The molecule has 6 heteroatoms. The molecule has 4 nitrogen and oxygen atoms in total. The summed E-state index contributed by atoms with van der Waals surface area (Å²) in [5, 5.41) is 7.66. The molecule has 2 rings (SSSR count). The highest BCUT2D eigenvalue weighted by molar-refractivity contribution is 7.84. The minimum absolute atomic E-state index is 0.189. The molecule has 112 valence electrons. The molecule has 0 fully saturated rings. The average molecular weight is 322 g/mol. The molecule has 0 radical (unpaired) electrons. The van der Waals surface area contributed by atoms with Crippen LogP contribution in [0.2, 0.25) is 0 Å². The second-order valence-corrected chi connectivity index (χ2v) is 7.04. The van der Waals surface area contributed by atoms with Gasteiger partial charge in [0.05, 0.1) is 6.54 Å². The summed E-state index contributed by atoms with van der Waals surface area (Å²) in [6.45, 7) is 3.03. The lowest BCUT2D eigenvalue weighted by Crippen LogP contribution is -2.34. The normalized spacial score (nSPS) is 11.9. The van der Waals surface area contributed by atoms with Crippen LogP contribution in [0.4, 0.5) is 4.79 Å². The predicted molar refractivity (Wildman–Crippen MR) is 86.9 cm³/mol. The Morgan fingerprint density at radius 1 is 1.14 bits per heavy atom. The van der Waals surface area contributed by atoms with E-state index in [0.717, 1.165) is 10.5 Å². The molecule has 0 aliphatic rings. The molecule has 2 aromatic rings. The van der Waals surface area contributed by atoms with Gasteiger partial charge in [0.2, 0.25) is 0 Å². The van der Waals surface area contributed by atoms with Crippen LogP contribution in [0.15, 0.2) is 40.6 Å². The standard InChI is InChI=1S/C15H18N2O2S2/c1-11-7-8-20-14(11)10-17-15(18)16-9-12-3-5-13(6-4-12)21(2)19/h3-8H,9-10H2,1-2H3,(H2,16,17,18). The van der Waals surface area contributed by atoms with Crippen molar-refractivity contribution in [2.45, 2.75) is 24.9 Å². The van der Waals surface area contributed by atoms with Gasteiger partial charge in [-0.2, -0.15) is 0 Å². The van der Waals surface area contributed by atoms with E-state index in [4.69, 9.17) is 0 Å². The van der Waals surface area contributed by atoms with E-state index in [1.807, 2.05) is 42.6 Å². The summed E-state index contributed by atoms with van der Waals surface area (Å²) < 4.78 is 11.3. The van der Waals surface area contributed by atoms with Crippen molar-refractivity contribution in [2.24, 2.45) is 0 Å². The first kappa shape index (κ1) is 15.7. The molecule has 0 spiro atoms. The van der Waals surface area contributed by atoms with Crippen molar-refractivity contribution < 1.29 is 9.00 Å². The number of nitrogens with one attached hydrogen (secondary N) is 2. The van der Waals surface area contributed by atoms with E-state index in [-0.39, 0.29) is 6.03 Å². The summed E-state index contributed by atoms with van der Waals surface area (Å²) in [5.74, 6) is 0. The van der Waals surface area contributed by atoms with Crippen LogP contribution in [-0.4, -0.2) is 16.5 Å². The Morgan fingerprint density at radius 2 is 1.81 bits per heavy atom. The number of carbonyl (C=O) groups is 1. The zero-order chi connectivity index (χ0) is 15.2. The fraction of sp³-hybridized carbons (Fsp3) is 0.267. The van der Waals surface area contributed by atoms with Crippen molar-refractivity contribution in [1.29, 1.82) is 0 Å². The van der Waals surface area contributed by atoms with E-state index in [1.54, 1.807) is 17.6 Å². The molecule has 1 aromatic heterocycles. The predicted octanol–water partition coefficient (Wildman–Crippen LogP) is 2.79. The Hall–Kier alpha value is -1.66. The van der Waals surface area contributed by atoms with E-state index in [1.165, 1.54) is 10.4 Å². The quantitative estimate of drug-likeness (QED) is 0.889. The van der Waals surface area contributed by atoms with E-state index in [0.29, 0.717) is 13.1 Å². The second-order valence-electron chi connectivity index (χ2n) is 4.66. The Labute approximate surface area is 131 Å². The molecule has 1 atom stereocenters. The minimum atomic E-state index is -0.971. The van der Waals surface area contributed by atoms with Gasteiger partial charge >= 0.3 is 6.03 Å². The lowest BCUT2D eigenvalue weighted by molar-refractivity contribution is 0.240. The Balaban J connectivity index is 1.78. The number of thiophene rings is 1. The largest absolute Gasteiger partial charge is 0.334 e. The van der Waals surface area contributed by atoms with E-state index in [9.17, 15) is 9.00 Å². The van der Waals surface area contributed by atoms with Gasteiger partial charge in [-0.05, 0) is 41.6 Å². The third-order valence-electron chi connectivity index (χ3n) is 3.09. The Morgan fingerprint density at radius 3 is 2.38 bits per heavy atom. The summed E-state index contributed by atoms with van der Waals surface area (Å²) >= 11 is 1.64. The minimum Gasteiger partial charge on any atom is -0.334 e. The molecular weight excluding hydrogens is 304 g/mol. The third-order valence-corrected chi connectivity index (χ3v) is 5.05. The van der Waals surface area contributed by atoms with Gasteiger partial charge in [-0.3, -0.25) is 4.21 Å². The van der Waals surface area contributed by atoms with Gasteiger partial charge in [0.25, 0.3) is 0 Å². The number of urea groups is 1. The fourth-order valence-corrected chi connectivity index (χ4v) is 3.15. The molecule has 0 bridgehead atoms. The first-order valence-electron chi connectivity index (χ1n) is 6.53. The highest BCUT2D eigenvalue weighted by Gasteiger charge is 2.04. The van der Waals surface area contributed by atoms with Crippen LogP contribution in [0.3, 0.4) is 0 Å². The molecule has 1 aromatic carbocycles. The summed E-state index contributed by atoms with van der Waals surface area (Å²) in [7, 11) is -0.971. The number of carbonyl (C=O) groups excluding carboxylic acids is 1. The zero-order valence-electron chi connectivity index (χ0n) is 12.0. The summed E-state index contributed by atoms with van der Waals surface area (Å²) in [6.07, 6.45) is 1.65. The van der Waals surface area contributed by atoms with Crippen molar-refractivity contribution in [1.82, 2.24) is 10.6 Å². The molecule has 2 N–H and O–H groups in total. The molecule has 0 aliphatic carbocycles. The van der Waals surface area contributed by atoms with E-state index < -0.39 is 10.8 Å². The average Bonchev–Trinajstić information content (AvgIpc) is 2.88. The first-order chi connectivity index (χ1) is 10.1. The highest BCUT2D eigenvalue weighted by atomic mass is 32.2. The highest BCUT2D eigenvalue weighted by Crippen LogP contribution is 2.14. The smallest absolute Gasteiger partial charge is 0.315 e. The molecule has 0 saturated carbocycles. The van der Waals surface area contributed by atoms with Crippen molar-refractivity contribution in [3.8, 4) is 0 Å². The zero-order valence-corrected chi connectivity index (χ0v) is 13.6. The van der Waals surface area contributed by atoms with Crippen molar-refractivity contribution >= 4 is 28.2 Å².